The number of rotatable bonds is 3. The van der Waals surface area contributed by atoms with E-state index in [1.165, 1.54) is 11.5 Å². The van der Waals surface area contributed by atoms with Crippen LogP contribution in [-0.4, -0.2) is 35.4 Å². The number of benzene rings is 1. The van der Waals surface area contributed by atoms with E-state index in [-0.39, 0.29) is 5.91 Å². The molecule has 1 fully saturated rings. The maximum absolute atomic E-state index is 11.3. The van der Waals surface area contributed by atoms with Crippen molar-refractivity contribution < 1.29 is 4.79 Å². The van der Waals surface area contributed by atoms with Gasteiger partial charge in [-0.3, -0.25) is 9.69 Å². The van der Waals surface area contributed by atoms with Crippen molar-refractivity contribution in [1.29, 1.82) is 0 Å². The highest BCUT2D eigenvalue weighted by Gasteiger charge is 2.14. The molecule has 0 bridgehead atoms. The number of primary amides is 1. The van der Waals surface area contributed by atoms with Gasteiger partial charge < -0.3 is 5.73 Å². The highest BCUT2D eigenvalue weighted by atomic mass is 32.2. The van der Waals surface area contributed by atoms with Crippen LogP contribution >= 0.6 is 11.8 Å². The summed E-state index contributed by atoms with van der Waals surface area (Å²) in [5.41, 5.74) is 7.05. The summed E-state index contributed by atoms with van der Waals surface area (Å²) in [6.07, 6.45) is 0. The zero-order chi connectivity index (χ0) is 11.4. The lowest BCUT2D eigenvalue weighted by atomic mass is 10.1. The summed E-state index contributed by atoms with van der Waals surface area (Å²) in [7, 11) is 0. The first kappa shape index (κ1) is 11.5. The van der Waals surface area contributed by atoms with Crippen molar-refractivity contribution in [3.63, 3.8) is 0 Å². The third-order valence-electron chi connectivity index (χ3n) is 2.78. The fourth-order valence-corrected chi connectivity index (χ4v) is 2.88. The molecule has 2 rings (SSSR count). The molecule has 0 unspecified atom stereocenters. The van der Waals surface area contributed by atoms with Crippen LogP contribution in [-0.2, 0) is 6.54 Å². The number of hydrogen-bond donors (Lipinski definition) is 1. The average molecular weight is 236 g/mol. The summed E-state index contributed by atoms with van der Waals surface area (Å²) in [5, 5.41) is 0. The second-order valence-corrected chi connectivity index (χ2v) is 5.13. The van der Waals surface area contributed by atoms with Gasteiger partial charge in [0.05, 0.1) is 0 Å². The van der Waals surface area contributed by atoms with Gasteiger partial charge in [-0.05, 0) is 11.6 Å². The van der Waals surface area contributed by atoms with Crippen molar-refractivity contribution in [2.24, 2.45) is 5.73 Å². The minimum absolute atomic E-state index is 0.331. The molecule has 1 saturated heterocycles. The number of nitrogens with two attached hydrogens (primary N) is 1. The van der Waals surface area contributed by atoms with Gasteiger partial charge in [0.15, 0.2) is 0 Å². The largest absolute Gasteiger partial charge is 0.366 e. The number of nitrogens with zero attached hydrogens (tertiary/aromatic N) is 1. The molecule has 0 radical (unpaired) electrons. The van der Waals surface area contributed by atoms with E-state index < -0.39 is 0 Å². The predicted molar refractivity (Wildman–Crippen MR) is 67.6 cm³/mol. The Hall–Kier alpha value is -1.00. The molecule has 1 aliphatic rings. The first-order chi connectivity index (χ1) is 7.77. The topological polar surface area (TPSA) is 46.3 Å². The summed E-state index contributed by atoms with van der Waals surface area (Å²) < 4.78 is 0. The Morgan fingerprint density at radius 2 is 2.00 bits per heavy atom. The van der Waals surface area contributed by atoms with Crippen LogP contribution in [0.4, 0.5) is 0 Å². The van der Waals surface area contributed by atoms with Crippen LogP contribution < -0.4 is 5.73 Å². The van der Waals surface area contributed by atoms with Crippen LogP contribution in [0.2, 0.25) is 0 Å². The molecule has 0 spiro atoms. The van der Waals surface area contributed by atoms with E-state index >= 15 is 0 Å². The Bertz CT molecular complexity index is 375. The summed E-state index contributed by atoms with van der Waals surface area (Å²) in [4.78, 5) is 13.6. The minimum Gasteiger partial charge on any atom is -0.366 e. The van der Waals surface area contributed by atoms with Gasteiger partial charge in [-0.15, -0.1) is 0 Å². The van der Waals surface area contributed by atoms with E-state index in [0.29, 0.717) is 5.56 Å². The van der Waals surface area contributed by atoms with Crippen LogP contribution in [0.15, 0.2) is 24.3 Å². The second kappa shape index (κ2) is 5.37. The maximum Gasteiger partial charge on any atom is 0.249 e. The Balaban J connectivity index is 2.10. The molecule has 1 aromatic rings. The van der Waals surface area contributed by atoms with Crippen molar-refractivity contribution in [3.8, 4) is 0 Å². The fourth-order valence-electron chi connectivity index (χ4n) is 1.90. The van der Waals surface area contributed by atoms with Crippen LogP contribution in [0, 0.1) is 0 Å². The van der Waals surface area contributed by atoms with E-state index in [0.717, 1.165) is 25.2 Å². The highest BCUT2D eigenvalue weighted by Crippen LogP contribution is 2.15. The van der Waals surface area contributed by atoms with Crippen LogP contribution in [0.25, 0.3) is 0 Å². The zero-order valence-corrected chi connectivity index (χ0v) is 10.0. The van der Waals surface area contributed by atoms with E-state index in [9.17, 15) is 4.79 Å². The zero-order valence-electron chi connectivity index (χ0n) is 9.19. The van der Waals surface area contributed by atoms with Crippen molar-refractivity contribution in [2.45, 2.75) is 6.54 Å². The number of thioether (sulfide) groups is 1. The maximum atomic E-state index is 11.3. The number of carbonyl (C=O) groups excluding carboxylic acids is 1. The van der Waals surface area contributed by atoms with Crippen molar-refractivity contribution in [2.75, 3.05) is 24.6 Å². The van der Waals surface area contributed by atoms with Crippen molar-refractivity contribution in [1.82, 2.24) is 4.90 Å². The molecule has 4 heteroatoms. The molecule has 1 aliphatic heterocycles. The van der Waals surface area contributed by atoms with E-state index in [4.69, 9.17) is 5.73 Å². The highest BCUT2D eigenvalue weighted by molar-refractivity contribution is 7.99. The van der Waals surface area contributed by atoms with Crippen LogP contribution in [0.5, 0.6) is 0 Å². The molecule has 1 amide bonds. The predicted octanol–water partition coefficient (Wildman–Crippen LogP) is 1.33. The van der Waals surface area contributed by atoms with E-state index in [1.54, 1.807) is 6.07 Å². The SMILES string of the molecule is NC(=O)c1ccccc1CN1CCSCC1. The van der Waals surface area contributed by atoms with Gasteiger partial charge in [-0.1, -0.05) is 18.2 Å². The molecule has 86 valence electrons. The third kappa shape index (κ3) is 2.77. The molecule has 0 aliphatic carbocycles. The second-order valence-electron chi connectivity index (χ2n) is 3.91. The number of amides is 1. The monoisotopic (exact) mass is 236 g/mol. The minimum atomic E-state index is -0.331. The van der Waals surface area contributed by atoms with Gasteiger partial charge in [0.2, 0.25) is 5.91 Å². The van der Waals surface area contributed by atoms with Crippen LogP contribution in [0.1, 0.15) is 15.9 Å². The lowest BCUT2D eigenvalue weighted by molar-refractivity contribution is 0.0998. The van der Waals surface area contributed by atoms with Gasteiger partial charge in [-0.25, -0.2) is 0 Å². The smallest absolute Gasteiger partial charge is 0.249 e. The first-order valence-corrected chi connectivity index (χ1v) is 6.60. The number of carbonyl (C=O) groups is 1. The molecular weight excluding hydrogens is 220 g/mol. The van der Waals surface area contributed by atoms with Gasteiger partial charge in [-0.2, -0.15) is 11.8 Å². The van der Waals surface area contributed by atoms with Crippen molar-refractivity contribution in [3.05, 3.63) is 35.4 Å². The summed E-state index contributed by atoms with van der Waals surface area (Å²) in [6, 6.07) is 7.61. The molecule has 1 aromatic carbocycles. The normalized spacial score (nSPS) is 17.2. The van der Waals surface area contributed by atoms with E-state index in [2.05, 4.69) is 4.90 Å². The van der Waals surface area contributed by atoms with Crippen LogP contribution in [0.3, 0.4) is 0 Å². The molecule has 0 atom stereocenters. The molecule has 0 aromatic heterocycles. The quantitative estimate of drug-likeness (QED) is 0.861. The van der Waals surface area contributed by atoms with Gasteiger partial charge in [0, 0.05) is 36.7 Å². The summed E-state index contributed by atoms with van der Waals surface area (Å²) in [6.45, 7) is 3.02. The summed E-state index contributed by atoms with van der Waals surface area (Å²) in [5.74, 6) is 2.03. The standard InChI is InChI=1S/C12H16N2OS/c13-12(15)11-4-2-1-3-10(11)9-14-5-7-16-8-6-14/h1-4H,5-9H2,(H2,13,15). The Morgan fingerprint density at radius 1 is 1.31 bits per heavy atom. The molecule has 3 nitrogen and oxygen atoms in total. The average Bonchev–Trinajstić information content (AvgIpc) is 2.31. The van der Waals surface area contributed by atoms with Gasteiger partial charge >= 0.3 is 0 Å². The lowest BCUT2D eigenvalue weighted by Crippen LogP contribution is -2.32. The van der Waals surface area contributed by atoms with Gasteiger partial charge in [0.25, 0.3) is 0 Å². The first-order valence-electron chi connectivity index (χ1n) is 5.45. The molecule has 0 saturated carbocycles. The summed E-state index contributed by atoms with van der Waals surface area (Å²) >= 11 is 1.99. The third-order valence-corrected chi connectivity index (χ3v) is 3.72. The molecule has 1 heterocycles. The fraction of sp³-hybridized carbons (Fsp3) is 0.417. The van der Waals surface area contributed by atoms with Crippen molar-refractivity contribution >= 4 is 17.7 Å². The molecular formula is C12H16N2OS. The lowest BCUT2D eigenvalue weighted by Gasteiger charge is -2.26. The van der Waals surface area contributed by atoms with Gasteiger partial charge in [0.1, 0.15) is 0 Å². The Labute approximate surface area is 100.0 Å². The van der Waals surface area contributed by atoms with E-state index in [1.807, 2.05) is 30.0 Å². The number of hydrogen-bond acceptors (Lipinski definition) is 3. The molecule has 16 heavy (non-hydrogen) atoms. The Morgan fingerprint density at radius 3 is 2.69 bits per heavy atom. The molecule has 2 N–H and O–H groups in total. The Kier molecular flexibility index (Phi) is 3.85.